The molecule has 1 saturated carbocycles. The van der Waals surface area contributed by atoms with E-state index < -0.39 is 0 Å². The molecule has 0 radical (unpaired) electrons. The van der Waals surface area contributed by atoms with Crippen LogP contribution in [0.5, 0.6) is 0 Å². The molecule has 0 aromatic carbocycles. The number of fused-ring (bicyclic) bond motifs is 1. The van der Waals surface area contributed by atoms with Crippen molar-refractivity contribution >= 4 is 11.8 Å². The molecule has 0 bridgehead atoms. The van der Waals surface area contributed by atoms with Crippen molar-refractivity contribution < 1.29 is 0 Å². The van der Waals surface area contributed by atoms with Gasteiger partial charge in [0.2, 0.25) is 0 Å². The lowest BCUT2D eigenvalue weighted by atomic mass is 10.1. The highest BCUT2D eigenvalue weighted by molar-refractivity contribution is 7.99. The average Bonchev–Trinajstić information content (AvgIpc) is 3.13. The summed E-state index contributed by atoms with van der Waals surface area (Å²) in [6.07, 6.45) is 3.86. The van der Waals surface area contributed by atoms with Gasteiger partial charge in [0, 0.05) is 29.8 Å². The van der Waals surface area contributed by atoms with Crippen molar-refractivity contribution in [3.63, 3.8) is 0 Å². The number of aromatic nitrogens is 2. The van der Waals surface area contributed by atoms with E-state index >= 15 is 0 Å². The second-order valence-electron chi connectivity index (χ2n) is 5.36. The first-order chi connectivity index (χ1) is 8.78. The monoisotopic (exact) mass is 263 g/mol. The summed E-state index contributed by atoms with van der Waals surface area (Å²) < 4.78 is 0. The van der Waals surface area contributed by atoms with Gasteiger partial charge < -0.3 is 5.32 Å². The summed E-state index contributed by atoms with van der Waals surface area (Å²) in [4.78, 5) is 9.58. The van der Waals surface area contributed by atoms with Gasteiger partial charge in [0.05, 0.1) is 17.1 Å². The van der Waals surface area contributed by atoms with Crippen molar-refractivity contribution in [1.82, 2.24) is 15.3 Å². The molecule has 3 rings (SSSR count). The van der Waals surface area contributed by atoms with Gasteiger partial charge in [-0.25, -0.2) is 9.97 Å². The van der Waals surface area contributed by atoms with Crippen LogP contribution in [0.4, 0.5) is 0 Å². The van der Waals surface area contributed by atoms with E-state index in [0.717, 1.165) is 30.6 Å². The highest BCUT2D eigenvalue weighted by Crippen LogP contribution is 2.42. The van der Waals surface area contributed by atoms with Gasteiger partial charge in [0.15, 0.2) is 0 Å². The predicted octanol–water partition coefficient (Wildman–Crippen LogP) is 2.99. The molecule has 1 aliphatic carbocycles. The normalized spacial score (nSPS) is 19.9. The largest absolute Gasteiger partial charge is 0.307 e. The maximum atomic E-state index is 4.84. The van der Waals surface area contributed by atoms with Gasteiger partial charge in [-0.15, -0.1) is 0 Å². The lowest BCUT2D eigenvalue weighted by Gasteiger charge is -2.11. The van der Waals surface area contributed by atoms with Gasteiger partial charge in [0.25, 0.3) is 0 Å². The molecule has 4 heteroatoms. The first kappa shape index (κ1) is 12.4. The molecule has 18 heavy (non-hydrogen) atoms. The number of thioether (sulfide) groups is 1. The molecule has 1 unspecified atom stereocenters. The minimum Gasteiger partial charge on any atom is -0.307 e. The van der Waals surface area contributed by atoms with Crippen molar-refractivity contribution in [2.24, 2.45) is 0 Å². The van der Waals surface area contributed by atoms with Gasteiger partial charge in [0.1, 0.15) is 5.82 Å². The van der Waals surface area contributed by atoms with Crippen LogP contribution in [0.1, 0.15) is 61.8 Å². The molecule has 0 saturated heterocycles. The van der Waals surface area contributed by atoms with Crippen LogP contribution in [0, 0.1) is 0 Å². The summed E-state index contributed by atoms with van der Waals surface area (Å²) in [5.41, 5.74) is 4.01. The predicted molar refractivity (Wildman–Crippen MR) is 75.6 cm³/mol. The molecule has 1 aliphatic heterocycles. The van der Waals surface area contributed by atoms with E-state index in [4.69, 9.17) is 9.97 Å². The van der Waals surface area contributed by atoms with E-state index in [0.29, 0.717) is 5.25 Å². The summed E-state index contributed by atoms with van der Waals surface area (Å²) in [7, 11) is 0. The molecule has 2 heterocycles. The molecule has 1 aromatic heterocycles. The van der Waals surface area contributed by atoms with Crippen molar-refractivity contribution in [2.75, 3.05) is 0 Å². The van der Waals surface area contributed by atoms with E-state index in [2.05, 4.69) is 19.2 Å². The number of rotatable bonds is 5. The molecule has 1 N–H and O–H groups in total. The SMILES string of the molecule is CCC(C)SCc1nc2c(c(C3CC3)n1)CNC2. The molecule has 2 aliphatic rings. The molecule has 98 valence electrons. The van der Waals surface area contributed by atoms with Crippen LogP contribution in [0.2, 0.25) is 0 Å². The molecule has 1 atom stereocenters. The van der Waals surface area contributed by atoms with Crippen molar-refractivity contribution in [2.45, 2.75) is 63.1 Å². The first-order valence-corrected chi connectivity index (χ1v) is 8.03. The zero-order valence-corrected chi connectivity index (χ0v) is 12.0. The summed E-state index contributed by atoms with van der Waals surface area (Å²) in [6.45, 7) is 6.42. The van der Waals surface area contributed by atoms with Crippen LogP contribution < -0.4 is 5.32 Å². The zero-order valence-electron chi connectivity index (χ0n) is 11.2. The van der Waals surface area contributed by atoms with Crippen LogP contribution >= 0.6 is 11.8 Å². The lowest BCUT2D eigenvalue weighted by Crippen LogP contribution is -2.05. The molecular formula is C14H21N3S. The number of nitrogens with zero attached hydrogens (tertiary/aromatic N) is 2. The fraction of sp³-hybridized carbons (Fsp3) is 0.714. The van der Waals surface area contributed by atoms with Crippen LogP contribution in [0.3, 0.4) is 0 Å². The quantitative estimate of drug-likeness (QED) is 0.886. The Balaban J connectivity index is 1.80. The van der Waals surface area contributed by atoms with E-state index in [1.807, 2.05) is 11.8 Å². The van der Waals surface area contributed by atoms with Crippen molar-refractivity contribution in [3.05, 3.63) is 22.8 Å². The maximum Gasteiger partial charge on any atom is 0.138 e. The first-order valence-electron chi connectivity index (χ1n) is 6.98. The summed E-state index contributed by atoms with van der Waals surface area (Å²) >= 11 is 1.97. The highest BCUT2D eigenvalue weighted by Gasteiger charge is 2.31. The standard InChI is InChI=1S/C14H21N3S/c1-3-9(2)18-8-13-16-12-7-15-6-11(12)14(17-13)10-4-5-10/h9-10,15H,3-8H2,1-2H3. The molecular weight excluding hydrogens is 242 g/mol. The number of hydrogen-bond acceptors (Lipinski definition) is 4. The third kappa shape index (κ3) is 2.54. The van der Waals surface area contributed by atoms with Crippen molar-refractivity contribution in [3.8, 4) is 0 Å². The van der Waals surface area contributed by atoms with Crippen molar-refractivity contribution in [1.29, 1.82) is 0 Å². The summed E-state index contributed by atoms with van der Waals surface area (Å²) in [6, 6.07) is 0. The lowest BCUT2D eigenvalue weighted by molar-refractivity contribution is 0.755. The Labute approximate surface area is 113 Å². The van der Waals surface area contributed by atoms with Gasteiger partial charge in [-0.3, -0.25) is 0 Å². The van der Waals surface area contributed by atoms with E-state index in [1.165, 1.54) is 36.2 Å². The fourth-order valence-corrected chi connectivity index (χ4v) is 3.14. The van der Waals surface area contributed by atoms with Gasteiger partial charge in [-0.1, -0.05) is 13.8 Å². The second kappa shape index (κ2) is 5.17. The Morgan fingerprint density at radius 3 is 2.89 bits per heavy atom. The van der Waals surface area contributed by atoms with Crippen LogP contribution in [-0.2, 0) is 18.8 Å². The smallest absolute Gasteiger partial charge is 0.138 e. The fourth-order valence-electron chi connectivity index (χ4n) is 2.34. The Morgan fingerprint density at radius 1 is 1.33 bits per heavy atom. The van der Waals surface area contributed by atoms with E-state index in [1.54, 1.807) is 0 Å². The second-order valence-corrected chi connectivity index (χ2v) is 6.78. The Bertz CT molecular complexity index is 443. The Hall–Kier alpha value is -0.610. The van der Waals surface area contributed by atoms with E-state index in [-0.39, 0.29) is 0 Å². The Kier molecular flexibility index (Phi) is 3.57. The molecule has 3 nitrogen and oxygen atoms in total. The summed E-state index contributed by atoms with van der Waals surface area (Å²) in [5, 5.41) is 4.10. The minimum absolute atomic E-state index is 0.698. The number of nitrogens with one attached hydrogen (secondary N) is 1. The third-order valence-corrected chi connectivity index (χ3v) is 5.13. The zero-order chi connectivity index (χ0) is 12.5. The summed E-state index contributed by atoms with van der Waals surface area (Å²) in [5.74, 6) is 2.74. The molecule has 0 spiro atoms. The minimum atomic E-state index is 0.698. The average molecular weight is 263 g/mol. The molecule has 0 amide bonds. The Morgan fingerprint density at radius 2 is 2.17 bits per heavy atom. The highest BCUT2D eigenvalue weighted by atomic mass is 32.2. The third-order valence-electron chi connectivity index (χ3n) is 3.80. The van der Waals surface area contributed by atoms with E-state index in [9.17, 15) is 0 Å². The van der Waals surface area contributed by atoms with Crippen LogP contribution in [0.15, 0.2) is 0 Å². The van der Waals surface area contributed by atoms with Crippen LogP contribution in [0.25, 0.3) is 0 Å². The van der Waals surface area contributed by atoms with Gasteiger partial charge in [-0.2, -0.15) is 11.8 Å². The molecule has 1 aromatic rings. The topological polar surface area (TPSA) is 37.8 Å². The van der Waals surface area contributed by atoms with Gasteiger partial charge in [-0.05, 0) is 19.3 Å². The molecule has 1 fully saturated rings. The number of hydrogen-bond donors (Lipinski definition) is 1. The van der Waals surface area contributed by atoms with Crippen LogP contribution in [-0.4, -0.2) is 15.2 Å². The van der Waals surface area contributed by atoms with Gasteiger partial charge >= 0.3 is 0 Å². The maximum absolute atomic E-state index is 4.84.